The summed E-state index contributed by atoms with van der Waals surface area (Å²) in [6.45, 7) is 3.59. The Morgan fingerprint density at radius 2 is 2.30 bits per heavy atom. The monoisotopic (exact) mass is 370 g/mol. The van der Waals surface area contributed by atoms with E-state index < -0.39 is 0 Å². The molecule has 54 valence electrons. The summed E-state index contributed by atoms with van der Waals surface area (Å²) in [4.78, 5) is 10.8. The van der Waals surface area contributed by atoms with Gasteiger partial charge in [0.05, 0.1) is 0 Å². The number of hydrogen-bond donors (Lipinski definition) is 0. The van der Waals surface area contributed by atoms with E-state index in [1.165, 1.54) is 19.4 Å². The minimum atomic E-state index is 0.0353. The Labute approximate surface area is 79.7 Å². The molecule has 0 bridgehead atoms. The van der Waals surface area contributed by atoms with Crippen molar-refractivity contribution >= 4 is 26.1 Å². The Bertz CT molecular complexity index is 184. The van der Waals surface area contributed by atoms with Gasteiger partial charge in [-0.15, -0.1) is 0 Å². The van der Waals surface area contributed by atoms with Gasteiger partial charge in [0, 0.05) is 0 Å². The van der Waals surface area contributed by atoms with E-state index >= 15 is 0 Å². The van der Waals surface area contributed by atoms with Gasteiger partial charge in [0.15, 0.2) is 0 Å². The number of ketones is 1. The molecule has 0 atom stereocenters. The fourth-order valence-electron chi connectivity index (χ4n) is 0.334. The average Bonchev–Trinajstić information content (AvgIpc) is 1.98. The second-order valence-corrected chi connectivity index (χ2v) is 3.12. The van der Waals surface area contributed by atoms with E-state index in [1.807, 2.05) is 10.5 Å². The van der Waals surface area contributed by atoms with Gasteiger partial charge in [-0.1, -0.05) is 0 Å². The summed E-state index contributed by atoms with van der Waals surface area (Å²) in [7, 11) is 0. The standard InChI is InChI=1S/C7H7BrO.W/c1-3-4-6(2)7(9)5-8;/h1,3-4H,2,5H2;/b4-3-;. The van der Waals surface area contributed by atoms with Crippen molar-refractivity contribution in [1.82, 2.24) is 0 Å². The van der Waals surface area contributed by atoms with E-state index in [0.717, 1.165) is 0 Å². The molecule has 0 spiro atoms. The number of carbonyl (C=O) groups is 1. The van der Waals surface area contributed by atoms with Crippen molar-refractivity contribution in [3.8, 4) is 0 Å². The molecular weight excluding hydrogens is 364 g/mol. The molecule has 3 heteroatoms. The van der Waals surface area contributed by atoms with Crippen LogP contribution in [0.2, 0.25) is 0 Å². The molecule has 0 aromatic heterocycles. The predicted molar refractivity (Wildman–Crippen MR) is 43.1 cm³/mol. The first-order valence-corrected chi connectivity index (χ1v) is 5.43. The zero-order valence-corrected chi connectivity index (χ0v) is 9.86. The average molecular weight is 371 g/mol. The van der Waals surface area contributed by atoms with Gasteiger partial charge in [-0.25, -0.2) is 0 Å². The quantitative estimate of drug-likeness (QED) is 0.415. The van der Waals surface area contributed by atoms with E-state index in [0.29, 0.717) is 10.9 Å². The van der Waals surface area contributed by atoms with Crippen molar-refractivity contribution in [2.75, 3.05) is 5.33 Å². The predicted octanol–water partition coefficient (Wildman–Crippen LogP) is 1.41. The molecule has 1 nitrogen and oxygen atoms in total. The second-order valence-electron chi connectivity index (χ2n) is 1.58. The molecule has 0 aliphatic heterocycles. The Balaban J connectivity index is 3.97. The third-order valence-electron chi connectivity index (χ3n) is 0.856. The molecule has 0 aromatic carbocycles. The van der Waals surface area contributed by atoms with Crippen LogP contribution in [0, 0.1) is 0 Å². The molecule has 10 heavy (non-hydrogen) atoms. The van der Waals surface area contributed by atoms with Gasteiger partial charge in [0.25, 0.3) is 0 Å². The number of halogens is 1. The molecule has 0 N–H and O–H groups in total. The van der Waals surface area contributed by atoms with Gasteiger partial charge in [-0.05, 0) is 0 Å². The van der Waals surface area contributed by atoms with Crippen molar-refractivity contribution in [1.29, 1.82) is 0 Å². The topological polar surface area (TPSA) is 17.1 Å². The molecule has 0 fully saturated rings. The number of allylic oxidation sites excluding steroid dienone is 3. The first kappa shape index (κ1) is 10.2. The zero-order chi connectivity index (χ0) is 7.98. The van der Waals surface area contributed by atoms with Crippen LogP contribution in [-0.4, -0.2) is 15.5 Å². The fraction of sp³-hybridized carbons (Fsp3) is 0.143. The SMILES string of the molecule is C=C(/C=C\[CH]=[W])C(=O)CBr. The summed E-state index contributed by atoms with van der Waals surface area (Å²) >= 11 is 4.42. The van der Waals surface area contributed by atoms with Crippen LogP contribution in [0.5, 0.6) is 0 Å². The Hall–Kier alpha value is 0.188. The molecule has 0 amide bonds. The van der Waals surface area contributed by atoms with Crippen LogP contribution in [0.25, 0.3) is 0 Å². The van der Waals surface area contributed by atoms with Gasteiger partial charge >= 0.3 is 79.9 Å². The first-order valence-electron chi connectivity index (χ1n) is 2.62. The molecule has 0 saturated carbocycles. The molecule has 0 aliphatic rings. The molecule has 0 aromatic rings. The number of rotatable bonds is 4. The maximum atomic E-state index is 10.8. The summed E-state index contributed by atoms with van der Waals surface area (Å²) in [5, 5.41) is 0.354. The number of hydrogen-bond acceptors (Lipinski definition) is 1. The molecule has 0 rings (SSSR count). The van der Waals surface area contributed by atoms with E-state index in [2.05, 4.69) is 22.5 Å². The third kappa shape index (κ3) is 4.08. The van der Waals surface area contributed by atoms with Crippen LogP contribution < -0.4 is 0 Å². The van der Waals surface area contributed by atoms with Crippen LogP contribution in [0.15, 0.2) is 24.3 Å². The van der Waals surface area contributed by atoms with Crippen molar-refractivity contribution < 1.29 is 24.1 Å². The van der Waals surface area contributed by atoms with Crippen LogP contribution in [-0.2, 0) is 24.1 Å². The molecular formula is C7H7BrOW. The first-order chi connectivity index (χ1) is 4.72. The Morgan fingerprint density at radius 1 is 1.70 bits per heavy atom. The van der Waals surface area contributed by atoms with Gasteiger partial charge < -0.3 is 0 Å². The fourth-order valence-corrected chi connectivity index (χ4v) is 0.977. The third-order valence-corrected chi connectivity index (χ3v) is 1.93. The number of carbonyl (C=O) groups excluding carboxylic acids is 1. The van der Waals surface area contributed by atoms with Crippen molar-refractivity contribution in [3.63, 3.8) is 0 Å². The van der Waals surface area contributed by atoms with Crippen molar-refractivity contribution in [2.24, 2.45) is 0 Å². The van der Waals surface area contributed by atoms with E-state index in [-0.39, 0.29) is 5.78 Å². The normalized spacial score (nSPS) is 9.70. The summed E-state index contributed by atoms with van der Waals surface area (Å²) in [5.74, 6) is 0.0353. The van der Waals surface area contributed by atoms with Crippen LogP contribution >= 0.6 is 15.9 Å². The van der Waals surface area contributed by atoms with Crippen LogP contribution in [0.4, 0.5) is 0 Å². The van der Waals surface area contributed by atoms with E-state index in [4.69, 9.17) is 0 Å². The maximum absolute atomic E-state index is 10.8. The minimum absolute atomic E-state index is 0.0353. The van der Waals surface area contributed by atoms with Crippen LogP contribution in [0.1, 0.15) is 0 Å². The van der Waals surface area contributed by atoms with Gasteiger partial charge in [0.1, 0.15) is 0 Å². The van der Waals surface area contributed by atoms with Gasteiger partial charge in [0.2, 0.25) is 0 Å². The Kier molecular flexibility index (Phi) is 6.05. The zero-order valence-electron chi connectivity index (χ0n) is 5.34. The molecule has 0 radical (unpaired) electrons. The van der Waals surface area contributed by atoms with Crippen LogP contribution in [0.3, 0.4) is 0 Å². The van der Waals surface area contributed by atoms with Crippen molar-refractivity contribution in [3.05, 3.63) is 24.3 Å². The molecule has 0 aliphatic carbocycles. The molecule has 0 unspecified atom stereocenters. The van der Waals surface area contributed by atoms with Crippen molar-refractivity contribution in [2.45, 2.75) is 0 Å². The summed E-state index contributed by atoms with van der Waals surface area (Å²) in [6.07, 6.45) is 3.55. The molecule has 0 saturated heterocycles. The van der Waals surface area contributed by atoms with E-state index in [9.17, 15) is 4.79 Å². The number of Topliss-reactive ketones (excluding diaryl/α,β-unsaturated/α-hetero) is 1. The van der Waals surface area contributed by atoms with Gasteiger partial charge in [-0.3, -0.25) is 0 Å². The summed E-state index contributed by atoms with van der Waals surface area (Å²) in [5.41, 5.74) is 0.550. The summed E-state index contributed by atoms with van der Waals surface area (Å²) < 4.78 is 1.94. The summed E-state index contributed by atoms with van der Waals surface area (Å²) in [6, 6.07) is 0. The number of alkyl halides is 1. The Morgan fingerprint density at radius 3 is 2.70 bits per heavy atom. The second kappa shape index (κ2) is 5.93. The van der Waals surface area contributed by atoms with E-state index in [1.54, 1.807) is 6.08 Å². The molecule has 0 heterocycles. The van der Waals surface area contributed by atoms with Gasteiger partial charge in [-0.2, -0.15) is 0 Å².